The molecule has 4 rings (SSSR count). The van der Waals surface area contributed by atoms with Crippen molar-refractivity contribution in [1.82, 2.24) is 5.32 Å². The van der Waals surface area contributed by atoms with Crippen LogP contribution in [0.25, 0.3) is 0 Å². The maximum absolute atomic E-state index is 13.3. The highest BCUT2D eigenvalue weighted by Gasteiger charge is 2.35. The largest absolute Gasteiger partial charge is 0.573 e. The number of rotatable bonds is 7. The van der Waals surface area contributed by atoms with Crippen LogP contribution in [0.2, 0.25) is 5.02 Å². The molecule has 0 unspecified atom stereocenters. The highest BCUT2D eigenvalue weighted by molar-refractivity contribution is 6.34. The van der Waals surface area contributed by atoms with E-state index in [0.29, 0.717) is 5.56 Å². The van der Waals surface area contributed by atoms with Crippen LogP contribution in [0.3, 0.4) is 0 Å². The van der Waals surface area contributed by atoms with Crippen molar-refractivity contribution in [2.75, 3.05) is 16.9 Å². The van der Waals surface area contributed by atoms with E-state index in [1.54, 1.807) is 26.0 Å². The van der Waals surface area contributed by atoms with Crippen LogP contribution in [-0.4, -0.2) is 30.8 Å². The van der Waals surface area contributed by atoms with Crippen molar-refractivity contribution in [3.8, 4) is 11.5 Å². The number of hydrogen-bond donors (Lipinski definition) is 2. The molecule has 0 saturated carbocycles. The number of nitrogens with one attached hydrogen (secondary N) is 2. The van der Waals surface area contributed by atoms with E-state index in [1.165, 1.54) is 42.5 Å². The molecule has 2 N–H and O–H groups in total. The predicted molar refractivity (Wildman–Crippen MR) is 138 cm³/mol. The molecule has 0 atom stereocenters. The van der Waals surface area contributed by atoms with E-state index in [-0.39, 0.29) is 58.4 Å². The third-order valence-corrected chi connectivity index (χ3v) is 6.04. The van der Waals surface area contributed by atoms with Crippen molar-refractivity contribution in [2.24, 2.45) is 5.92 Å². The number of benzene rings is 3. The Bertz CT molecular complexity index is 1430. The summed E-state index contributed by atoms with van der Waals surface area (Å²) in [6.07, 6.45) is -4.95. The number of amides is 3. The lowest BCUT2D eigenvalue weighted by atomic mass is 10.1. The maximum atomic E-state index is 13.3. The van der Waals surface area contributed by atoms with Crippen LogP contribution in [0.4, 0.5) is 24.5 Å². The van der Waals surface area contributed by atoms with Gasteiger partial charge in [0.15, 0.2) is 12.5 Å². The minimum Gasteiger partial charge on any atom is -0.472 e. The smallest absolute Gasteiger partial charge is 0.472 e. The second-order valence-electron chi connectivity index (χ2n) is 8.87. The quantitative estimate of drug-likeness (QED) is 0.382. The van der Waals surface area contributed by atoms with Crippen LogP contribution in [-0.2, 0) is 11.3 Å². The lowest BCUT2D eigenvalue weighted by molar-refractivity contribution is -0.274. The highest BCUT2D eigenvalue weighted by atomic mass is 35.5. The number of para-hydroxylation sites is 2. The van der Waals surface area contributed by atoms with Crippen molar-refractivity contribution in [1.29, 1.82) is 0 Å². The first kappa shape index (κ1) is 27.8. The Kier molecular flexibility index (Phi) is 8.01. The van der Waals surface area contributed by atoms with E-state index in [4.69, 9.17) is 16.3 Å². The molecule has 3 aromatic carbocycles. The van der Waals surface area contributed by atoms with Gasteiger partial charge in [-0.25, -0.2) is 0 Å². The van der Waals surface area contributed by atoms with E-state index < -0.39 is 23.9 Å². The number of carbonyl (C=O) groups is 3. The molecule has 0 aromatic heterocycles. The number of ether oxygens (including phenoxy) is 2. The van der Waals surface area contributed by atoms with Crippen molar-refractivity contribution < 1.29 is 37.0 Å². The molecule has 39 heavy (non-hydrogen) atoms. The van der Waals surface area contributed by atoms with Crippen LogP contribution in [0, 0.1) is 5.92 Å². The lowest BCUT2D eigenvalue weighted by Crippen LogP contribution is -2.39. The molecule has 3 amide bonds. The van der Waals surface area contributed by atoms with Gasteiger partial charge in [0, 0.05) is 18.2 Å². The van der Waals surface area contributed by atoms with Crippen LogP contribution in [0.1, 0.15) is 40.1 Å². The lowest BCUT2D eigenvalue weighted by Gasteiger charge is -2.30. The summed E-state index contributed by atoms with van der Waals surface area (Å²) in [4.78, 5) is 39.1. The number of anilines is 2. The summed E-state index contributed by atoms with van der Waals surface area (Å²) in [5.74, 6) is -1.91. The number of nitrogens with zero attached hydrogens (tertiary/aromatic N) is 1. The summed E-state index contributed by atoms with van der Waals surface area (Å²) < 4.78 is 48.3. The van der Waals surface area contributed by atoms with Crippen molar-refractivity contribution in [2.45, 2.75) is 26.8 Å². The summed E-state index contributed by atoms with van der Waals surface area (Å²) in [7, 11) is 0. The number of carbonyl (C=O) groups excluding carboxylic acids is 3. The molecule has 1 aliphatic heterocycles. The number of hydrogen-bond acceptors (Lipinski definition) is 5. The first-order chi connectivity index (χ1) is 18.4. The van der Waals surface area contributed by atoms with E-state index in [0.717, 1.165) is 11.0 Å². The maximum Gasteiger partial charge on any atom is 0.573 e. The van der Waals surface area contributed by atoms with Crippen LogP contribution in [0.5, 0.6) is 11.5 Å². The van der Waals surface area contributed by atoms with Crippen molar-refractivity contribution >= 4 is 40.7 Å². The second-order valence-corrected chi connectivity index (χ2v) is 9.28. The molecule has 204 valence electrons. The van der Waals surface area contributed by atoms with Gasteiger partial charge in [0.2, 0.25) is 5.91 Å². The molecule has 1 heterocycles. The molecule has 3 aromatic rings. The SMILES string of the molecule is CC(C)C(=O)NCc1ccc(Cl)c(C(=O)Nc2ccc3c(c2)C(=O)N(c2ccccc2OC(F)(F)F)CO3)c1. The third-order valence-electron chi connectivity index (χ3n) is 5.71. The van der Waals surface area contributed by atoms with Crippen LogP contribution in [0.15, 0.2) is 60.7 Å². The van der Waals surface area contributed by atoms with Crippen molar-refractivity contribution in [3.63, 3.8) is 0 Å². The highest BCUT2D eigenvalue weighted by Crippen LogP contribution is 2.37. The number of halogens is 4. The normalized spacial score (nSPS) is 13.0. The molecule has 8 nitrogen and oxygen atoms in total. The molecule has 0 bridgehead atoms. The minimum atomic E-state index is -4.95. The summed E-state index contributed by atoms with van der Waals surface area (Å²) in [5, 5.41) is 5.61. The molecular formula is C27H23ClF3N3O5. The summed E-state index contributed by atoms with van der Waals surface area (Å²) in [5.41, 5.74) is 0.924. The molecule has 0 aliphatic carbocycles. The third kappa shape index (κ3) is 6.61. The predicted octanol–water partition coefficient (Wildman–Crippen LogP) is 5.76. The van der Waals surface area contributed by atoms with Crippen LogP contribution >= 0.6 is 11.6 Å². The molecule has 0 spiro atoms. The topological polar surface area (TPSA) is 97.0 Å². The minimum absolute atomic E-state index is 0.0251. The molecule has 1 aliphatic rings. The zero-order chi connectivity index (χ0) is 28.3. The average Bonchev–Trinajstić information content (AvgIpc) is 2.88. The Morgan fingerprint density at radius 3 is 2.56 bits per heavy atom. The Labute approximate surface area is 226 Å². The van der Waals surface area contributed by atoms with Gasteiger partial charge < -0.3 is 20.1 Å². The van der Waals surface area contributed by atoms with Gasteiger partial charge in [-0.05, 0) is 48.0 Å². The molecule has 0 fully saturated rings. The second kappa shape index (κ2) is 11.2. The first-order valence-corrected chi connectivity index (χ1v) is 12.1. The standard InChI is InChI=1S/C27H23ClF3N3O5/c1-15(2)24(35)32-13-16-7-9-20(28)18(11-16)25(36)33-17-8-10-22-19(12-17)26(37)34(14-38-22)21-5-3-4-6-23(21)39-27(29,30)31/h3-12,15H,13-14H2,1-2H3,(H,32,35)(H,33,36). The average molecular weight is 562 g/mol. The fourth-order valence-corrected chi connectivity index (χ4v) is 3.96. The van der Waals surface area contributed by atoms with Gasteiger partial charge in [-0.1, -0.05) is 43.6 Å². The monoisotopic (exact) mass is 561 g/mol. The van der Waals surface area contributed by atoms with E-state index in [9.17, 15) is 27.6 Å². The zero-order valence-electron chi connectivity index (χ0n) is 20.8. The summed E-state index contributed by atoms with van der Waals surface area (Å²) in [6.45, 7) is 3.39. The summed E-state index contributed by atoms with van der Waals surface area (Å²) in [6, 6.07) is 14.3. The van der Waals surface area contributed by atoms with Gasteiger partial charge in [-0.2, -0.15) is 0 Å². The van der Waals surface area contributed by atoms with Gasteiger partial charge >= 0.3 is 6.36 Å². The Hall–Kier alpha value is -4.25. The number of fused-ring (bicyclic) bond motifs is 1. The van der Waals surface area contributed by atoms with E-state index in [2.05, 4.69) is 15.4 Å². The summed E-state index contributed by atoms with van der Waals surface area (Å²) >= 11 is 6.24. The van der Waals surface area contributed by atoms with Gasteiger partial charge in [-0.15, -0.1) is 13.2 Å². The Morgan fingerprint density at radius 1 is 1.10 bits per heavy atom. The molecule has 0 radical (unpaired) electrons. The molecular weight excluding hydrogens is 539 g/mol. The van der Waals surface area contributed by atoms with Gasteiger partial charge in [0.05, 0.1) is 21.8 Å². The Balaban J connectivity index is 1.54. The fraction of sp³-hybridized carbons (Fsp3) is 0.222. The fourth-order valence-electron chi connectivity index (χ4n) is 3.76. The first-order valence-electron chi connectivity index (χ1n) is 11.7. The van der Waals surface area contributed by atoms with E-state index >= 15 is 0 Å². The molecule has 0 saturated heterocycles. The van der Waals surface area contributed by atoms with E-state index in [1.807, 2.05) is 0 Å². The molecule has 12 heteroatoms. The van der Waals surface area contributed by atoms with Gasteiger partial charge in [0.25, 0.3) is 11.8 Å². The zero-order valence-corrected chi connectivity index (χ0v) is 21.5. The van der Waals surface area contributed by atoms with Crippen LogP contribution < -0.4 is 25.0 Å². The number of alkyl halides is 3. The van der Waals surface area contributed by atoms with Crippen molar-refractivity contribution in [3.05, 3.63) is 82.4 Å². The van der Waals surface area contributed by atoms with Gasteiger partial charge in [-0.3, -0.25) is 19.3 Å². The van der Waals surface area contributed by atoms with Gasteiger partial charge in [0.1, 0.15) is 5.75 Å². The Morgan fingerprint density at radius 2 is 1.85 bits per heavy atom.